The standard InChI is InChI=1S/C13H18ClNO/c1-3-4-9-13(16)15-12-8-6-5-7-11(12)10(2)14/h5-8,10H,3-4,9H2,1-2H3,(H,15,16). The first-order chi connectivity index (χ1) is 7.65. The number of benzene rings is 1. The first-order valence-electron chi connectivity index (χ1n) is 5.68. The fourth-order valence-electron chi connectivity index (χ4n) is 1.51. The number of hydrogen-bond acceptors (Lipinski definition) is 1. The van der Waals surface area contributed by atoms with Gasteiger partial charge < -0.3 is 5.32 Å². The van der Waals surface area contributed by atoms with E-state index < -0.39 is 0 Å². The number of halogens is 1. The van der Waals surface area contributed by atoms with E-state index in [-0.39, 0.29) is 11.3 Å². The summed E-state index contributed by atoms with van der Waals surface area (Å²) in [4.78, 5) is 11.6. The second-order valence-corrected chi connectivity index (χ2v) is 4.51. The molecule has 0 saturated carbocycles. The Morgan fingerprint density at radius 2 is 2.12 bits per heavy atom. The Kier molecular flexibility index (Phi) is 5.33. The normalized spacial score (nSPS) is 12.2. The van der Waals surface area contributed by atoms with Crippen molar-refractivity contribution in [3.8, 4) is 0 Å². The molecule has 88 valence electrons. The van der Waals surface area contributed by atoms with Crippen LogP contribution in [0.15, 0.2) is 24.3 Å². The molecule has 1 aromatic rings. The number of unbranched alkanes of at least 4 members (excludes halogenated alkanes) is 1. The first-order valence-corrected chi connectivity index (χ1v) is 6.11. The third-order valence-corrected chi connectivity index (χ3v) is 2.66. The van der Waals surface area contributed by atoms with Gasteiger partial charge in [-0.25, -0.2) is 0 Å². The highest BCUT2D eigenvalue weighted by Crippen LogP contribution is 2.27. The van der Waals surface area contributed by atoms with Crippen molar-refractivity contribution in [1.29, 1.82) is 0 Å². The van der Waals surface area contributed by atoms with Gasteiger partial charge in [0.25, 0.3) is 0 Å². The van der Waals surface area contributed by atoms with Gasteiger partial charge in [0.2, 0.25) is 5.91 Å². The van der Waals surface area contributed by atoms with E-state index in [1.807, 2.05) is 31.2 Å². The van der Waals surface area contributed by atoms with Crippen molar-refractivity contribution in [1.82, 2.24) is 0 Å². The lowest BCUT2D eigenvalue weighted by atomic mass is 10.1. The van der Waals surface area contributed by atoms with Gasteiger partial charge in [0.05, 0.1) is 5.38 Å². The van der Waals surface area contributed by atoms with Crippen molar-refractivity contribution < 1.29 is 4.79 Å². The van der Waals surface area contributed by atoms with Gasteiger partial charge in [0.1, 0.15) is 0 Å². The van der Waals surface area contributed by atoms with E-state index in [1.165, 1.54) is 0 Å². The Morgan fingerprint density at radius 3 is 2.75 bits per heavy atom. The molecule has 1 unspecified atom stereocenters. The molecule has 1 N–H and O–H groups in total. The summed E-state index contributed by atoms with van der Waals surface area (Å²) in [5.74, 6) is 0.0617. The van der Waals surface area contributed by atoms with Gasteiger partial charge in [-0.15, -0.1) is 11.6 Å². The van der Waals surface area contributed by atoms with Crippen LogP contribution in [-0.4, -0.2) is 5.91 Å². The van der Waals surface area contributed by atoms with Crippen molar-refractivity contribution in [2.75, 3.05) is 5.32 Å². The van der Waals surface area contributed by atoms with E-state index in [1.54, 1.807) is 0 Å². The summed E-state index contributed by atoms with van der Waals surface area (Å²) in [5.41, 5.74) is 1.79. The molecule has 1 rings (SSSR count). The number of para-hydroxylation sites is 1. The van der Waals surface area contributed by atoms with Crippen LogP contribution in [0.1, 0.15) is 44.1 Å². The highest BCUT2D eigenvalue weighted by atomic mass is 35.5. The molecule has 0 aliphatic carbocycles. The highest BCUT2D eigenvalue weighted by molar-refractivity contribution is 6.21. The lowest BCUT2D eigenvalue weighted by Crippen LogP contribution is -2.12. The molecule has 2 nitrogen and oxygen atoms in total. The van der Waals surface area contributed by atoms with E-state index >= 15 is 0 Å². The largest absolute Gasteiger partial charge is 0.326 e. The molecule has 0 saturated heterocycles. The van der Waals surface area contributed by atoms with Crippen LogP contribution in [0.2, 0.25) is 0 Å². The quantitative estimate of drug-likeness (QED) is 0.770. The summed E-state index contributed by atoms with van der Waals surface area (Å²) in [6, 6.07) is 7.65. The first kappa shape index (κ1) is 13.0. The van der Waals surface area contributed by atoms with Crippen LogP contribution in [0.4, 0.5) is 5.69 Å². The summed E-state index contributed by atoms with van der Waals surface area (Å²) in [7, 11) is 0. The zero-order valence-electron chi connectivity index (χ0n) is 9.79. The van der Waals surface area contributed by atoms with E-state index in [0.717, 1.165) is 24.1 Å². The van der Waals surface area contributed by atoms with Crippen LogP contribution in [0.3, 0.4) is 0 Å². The zero-order valence-corrected chi connectivity index (χ0v) is 10.6. The van der Waals surface area contributed by atoms with Crippen molar-refractivity contribution in [2.24, 2.45) is 0 Å². The molecule has 0 radical (unpaired) electrons. The molecule has 0 bridgehead atoms. The lowest BCUT2D eigenvalue weighted by Gasteiger charge is -2.12. The van der Waals surface area contributed by atoms with Gasteiger partial charge in [-0.05, 0) is 25.0 Å². The molecule has 1 atom stereocenters. The second kappa shape index (κ2) is 6.54. The van der Waals surface area contributed by atoms with Gasteiger partial charge in [0, 0.05) is 12.1 Å². The second-order valence-electron chi connectivity index (χ2n) is 3.85. The molecule has 0 aliphatic rings. The number of nitrogens with one attached hydrogen (secondary N) is 1. The van der Waals surface area contributed by atoms with E-state index in [0.29, 0.717) is 6.42 Å². The number of carbonyl (C=O) groups excluding carboxylic acids is 1. The summed E-state index contributed by atoms with van der Waals surface area (Å²) < 4.78 is 0. The molecule has 0 aliphatic heterocycles. The molecule has 3 heteroatoms. The number of carbonyl (C=O) groups is 1. The summed E-state index contributed by atoms with van der Waals surface area (Å²) in [6.07, 6.45) is 2.52. The number of anilines is 1. The van der Waals surface area contributed by atoms with Crippen molar-refractivity contribution in [3.63, 3.8) is 0 Å². The molecule has 0 aromatic heterocycles. The Bertz CT molecular complexity index is 350. The fraction of sp³-hybridized carbons (Fsp3) is 0.462. The Hall–Kier alpha value is -1.02. The van der Waals surface area contributed by atoms with Crippen LogP contribution >= 0.6 is 11.6 Å². The summed E-state index contributed by atoms with van der Waals surface area (Å²) >= 11 is 6.04. The minimum Gasteiger partial charge on any atom is -0.326 e. The van der Waals surface area contributed by atoms with Gasteiger partial charge in [0.15, 0.2) is 0 Å². The predicted molar refractivity (Wildman–Crippen MR) is 68.9 cm³/mol. The third-order valence-electron chi connectivity index (χ3n) is 2.42. The molecule has 0 spiro atoms. The lowest BCUT2D eigenvalue weighted by molar-refractivity contribution is -0.116. The maximum Gasteiger partial charge on any atom is 0.224 e. The molecule has 0 fully saturated rings. The molecule has 0 heterocycles. The average Bonchev–Trinajstić information content (AvgIpc) is 2.27. The molecule has 1 amide bonds. The minimum absolute atomic E-state index is 0.0617. The molecule has 16 heavy (non-hydrogen) atoms. The van der Waals surface area contributed by atoms with Gasteiger partial charge in [-0.1, -0.05) is 31.5 Å². The van der Waals surface area contributed by atoms with Crippen LogP contribution in [0.5, 0.6) is 0 Å². The Balaban J connectivity index is 2.69. The maximum atomic E-state index is 11.6. The Labute approximate surface area is 102 Å². The minimum atomic E-state index is -0.0947. The maximum absolute atomic E-state index is 11.6. The van der Waals surface area contributed by atoms with Crippen LogP contribution < -0.4 is 5.32 Å². The SMILES string of the molecule is CCCCC(=O)Nc1ccccc1C(C)Cl. The third kappa shape index (κ3) is 3.86. The molecular weight excluding hydrogens is 222 g/mol. The molecular formula is C13H18ClNO. The van der Waals surface area contributed by atoms with E-state index in [4.69, 9.17) is 11.6 Å². The summed E-state index contributed by atoms with van der Waals surface area (Å²) in [6.45, 7) is 3.97. The number of rotatable bonds is 5. The van der Waals surface area contributed by atoms with Crippen LogP contribution in [0, 0.1) is 0 Å². The predicted octanol–water partition coefficient (Wildman–Crippen LogP) is 4.12. The van der Waals surface area contributed by atoms with E-state index in [2.05, 4.69) is 12.2 Å². The monoisotopic (exact) mass is 239 g/mol. The fourth-order valence-corrected chi connectivity index (χ4v) is 1.70. The average molecular weight is 240 g/mol. The Morgan fingerprint density at radius 1 is 1.44 bits per heavy atom. The number of alkyl halides is 1. The summed E-state index contributed by atoms with van der Waals surface area (Å²) in [5, 5.41) is 2.81. The number of hydrogen-bond donors (Lipinski definition) is 1. The van der Waals surface area contributed by atoms with Gasteiger partial charge in [-0.2, -0.15) is 0 Å². The van der Waals surface area contributed by atoms with Crippen molar-refractivity contribution >= 4 is 23.2 Å². The topological polar surface area (TPSA) is 29.1 Å². The van der Waals surface area contributed by atoms with Crippen LogP contribution in [0.25, 0.3) is 0 Å². The molecule has 1 aromatic carbocycles. The van der Waals surface area contributed by atoms with E-state index in [9.17, 15) is 4.79 Å². The number of amides is 1. The van der Waals surface area contributed by atoms with Gasteiger partial charge >= 0.3 is 0 Å². The zero-order chi connectivity index (χ0) is 12.0. The van der Waals surface area contributed by atoms with Crippen LogP contribution in [-0.2, 0) is 4.79 Å². The van der Waals surface area contributed by atoms with Gasteiger partial charge in [-0.3, -0.25) is 4.79 Å². The van der Waals surface area contributed by atoms with Crippen molar-refractivity contribution in [2.45, 2.75) is 38.5 Å². The van der Waals surface area contributed by atoms with Crippen molar-refractivity contribution in [3.05, 3.63) is 29.8 Å². The smallest absolute Gasteiger partial charge is 0.224 e. The highest BCUT2D eigenvalue weighted by Gasteiger charge is 2.09.